The molecule has 0 bridgehead atoms. The quantitative estimate of drug-likeness (QED) is 0.852. The monoisotopic (exact) mass is 358 g/mol. The van der Waals surface area contributed by atoms with E-state index in [0.717, 1.165) is 5.56 Å². The molecule has 0 aliphatic heterocycles. The van der Waals surface area contributed by atoms with E-state index in [9.17, 15) is 14.0 Å². The molecule has 0 heterocycles. The van der Waals surface area contributed by atoms with Crippen molar-refractivity contribution in [3.63, 3.8) is 0 Å². The number of ether oxygens (including phenoxy) is 1. The molecule has 0 aromatic heterocycles. The fourth-order valence-corrected chi connectivity index (χ4v) is 2.27. The summed E-state index contributed by atoms with van der Waals surface area (Å²) in [6.07, 6.45) is -0.375. The molecule has 2 amide bonds. The minimum Gasteiger partial charge on any atom is -0.444 e. The molecule has 0 radical (unpaired) electrons. The topological polar surface area (TPSA) is 67.4 Å². The SMILES string of the molecule is CC(C)(C)OC(=O)N[C@H](Cc1ccccc1)C(=O)Nc1ccc(F)cc1. The van der Waals surface area contributed by atoms with E-state index in [4.69, 9.17) is 4.74 Å². The first kappa shape index (κ1) is 19.4. The average molecular weight is 358 g/mol. The first-order chi connectivity index (χ1) is 12.2. The van der Waals surface area contributed by atoms with Gasteiger partial charge in [0.2, 0.25) is 5.91 Å². The maximum absolute atomic E-state index is 13.0. The van der Waals surface area contributed by atoms with Crippen molar-refractivity contribution in [2.24, 2.45) is 0 Å². The number of anilines is 1. The molecule has 0 aliphatic rings. The molecule has 0 saturated heterocycles. The molecule has 0 spiro atoms. The van der Waals surface area contributed by atoms with Gasteiger partial charge >= 0.3 is 6.09 Å². The molecule has 2 aromatic carbocycles. The van der Waals surface area contributed by atoms with Crippen molar-refractivity contribution in [3.8, 4) is 0 Å². The van der Waals surface area contributed by atoms with E-state index in [2.05, 4.69) is 10.6 Å². The second-order valence-electron chi connectivity index (χ2n) is 6.88. The van der Waals surface area contributed by atoms with Gasteiger partial charge in [0.15, 0.2) is 0 Å². The molecule has 2 N–H and O–H groups in total. The molecule has 2 aromatic rings. The highest BCUT2D eigenvalue weighted by Crippen LogP contribution is 2.12. The summed E-state index contributed by atoms with van der Waals surface area (Å²) in [5.74, 6) is -0.804. The maximum atomic E-state index is 13.0. The van der Waals surface area contributed by atoms with Gasteiger partial charge in [-0.2, -0.15) is 0 Å². The third-order valence-corrected chi connectivity index (χ3v) is 3.40. The number of hydrogen-bond acceptors (Lipinski definition) is 3. The highest BCUT2D eigenvalue weighted by molar-refractivity contribution is 5.96. The van der Waals surface area contributed by atoms with Gasteiger partial charge in [-0.15, -0.1) is 0 Å². The zero-order chi connectivity index (χ0) is 19.2. The number of nitrogens with one attached hydrogen (secondary N) is 2. The zero-order valence-electron chi connectivity index (χ0n) is 15.1. The smallest absolute Gasteiger partial charge is 0.408 e. The van der Waals surface area contributed by atoms with Crippen LogP contribution in [0.2, 0.25) is 0 Å². The summed E-state index contributed by atoms with van der Waals surface area (Å²) < 4.78 is 18.3. The lowest BCUT2D eigenvalue weighted by Crippen LogP contribution is -2.47. The van der Waals surface area contributed by atoms with Gasteiger partial charge in [-0.25, -0.2) is 9.18 Å². The summed E-state index contributed by atoms with van der Waals surface area (Å²) in [5, 5.41) is 5.29. The largest absolute Gasteiger partial charge is 0.444 e. The average Bonchev–Trinajstić information content (AvgIpc) is 2.55. The first-order valence-electron chi connectivity index (χ1n) is 8.33. The lowest BCUT2D eigenvalue weighted by Gasteiger charge is -2.23. The Hall–Kier alpha value is -2.89. The van der Waals surface area contributed by atoms with Crippen molar-refractivity contribution >= 4 is 17.7 Å². The van der Waals surface area contributed by atoms with Crippen LogP contribution in [0.15, 0.2) is 54.6 Å². The molecule has 0 saturated carbocycles. The van der Waals surface area contributed by atoms with E-state index in [0.29, 0.717) is 12.1 Å². The molecule has 138 valence electrons. The Labute approximate surface area is 152 Å². The predicted molar refractivity (Wildman–Crippen MR) is 98.3 cm³/mol. The molecule has 2 rings (SSSR count). The van der Waals surface area contributed by atoms with E-state index in [-0.39, 0.29) is 0 Å². The lowest BCUT2D eigenvalue weighted by molar-refractivity contribution is -0.118. The molecule has 1 atom stereocenters. The van der Waals surface area contributed by atoms with Gasteiger partial charge in [0.1, 0.15) is 17.5 Å². The summed E-state index contributed by atoms with van der Waals surface area (Å²) in [6, 6.07) is 13.9. The highest BCUT2D eigenvalue weighted by Gasteiger charge is 2.24. The highest BCUT2D eigenvalue weighted by atomic mass is 19.1. The van der Waals surface area contributed by atoms with Crippen molar-refractivity contribution in [2.45, 2.75) is 38.8 Å². The summed E-state index contributed by atoms with van der Waals surface area (Å²) >= 11 is 0. The molecule has 6 heteroatoms. The van der Waals surface area contributed by atoms with Crippen LogP contribution in [-0.4, -0.2) is 23.6 Å². The Morgan fingerprint density at radius 2 is 1.65 bits per heavy atom. The summed E-state index contributed by atoms with van der Waals surface area (Å²) in [4.78, 5) is 24.7. The Morgan fingerprint density at radius 3 is 2.23 bits per heavy atom. The Morgan fingerprint density at radius 1 is 1.04 bits per heavy atom. The van der Waals surface area contributed by atoms with Crippen LogP contribution in [0.5, 0.6) is 0 Å². The van der Waals surface area contributed by atoms with Crippen LogP contribution < -0.4 is 10.6 Å². The van der Waals surface area contributed by atoms with E-state index in [1.165, 1.54) is 24.3 Å². The fourth-order valence-electron chi connectivity index (χ4n) is 2.27. The van der Waals surface area contributed by atoms with E-state index >= 15 is 0 Å². The minimum absolute atomic E-state index is 0.299. The first-order valence-corrected chi connectivity index (χ1v) is 8.33. The standard InChI is InChI=1S/C20H23FN2O3/c1-20(2,3)26-19(25)23-17(13-14-7-5-4-6-8-14)18(24)22-16-11-9-15(21)10-12-16/h4-12,17H,13H2,1-3H3,(H,22,24)(H,23,25)/t17-/m1/s1. The molecule has 0 fully saturated rings. The van der Waals surface area contributed by atoms with E-state index < -0.39 is 29.5 Å². The molecular formula is C20H23FN2O3. The summed E-state index contributed by atoms with van der Waals surface area (Å²) in [6.45, 7) is 5.24. The summed E-state index contributed by atoms with van der Waals surface area (Å²) in [5.41, 5.74) is 0.665. The third kappa shape index (κ3) is 6.55. The van der Waals surface area contributed by atoms with E-state index in [1.807, 2.05) is 30.3 Å². The number of halogens is 1. The van der Waals surface area contributed by atoms with Gasteiger partial charge in [-0.05, 0) is 50.6 Å². The minimum atomic E-state index is -0.836. The number of hydrogen-bond donors (Lipinski definition) is 2. The van der Waals surface area contributed by atoms with Crippen molar-refractivity contribution in [1.82, 2.24) is 5.32 Å². The number of rotatable bonds is 5. The second kappa shape index (κ2) is 8.47. The van der Waals surface area contributed by atoms with Crippen molar-refractivity contribution in [1.29, 1.82) is 0 Å². The van der Waals surface area contributed by atoms with Gasteiger partial charge in [-0.1, -0.05) is 30.3 Å². The van der Waals surface area contributed by atoms with Gasteiger partial charge in [0.05, 0.1) is 0 Å². The van der Waals surface area contributed by atoms with E-state index in [1.54, 1.807) is 20.8 Å². The zero-order valence-corrected chi connectivity index (χ0v) is 15.1. The van der Waals surface area contributed by atoms with Gasteiger partial charge < -0.3 is 15.4 Å². The Bertz CT molecular complexity index is 740. The fraction of sp³-hybridized carbons (Fsp3) is 0.300. The molecule has 0 aliphatic carbocycles. The number of carbonyl (C=O) groups excluding carboxylic acids is 2. The molecule has 0 unspecified atom stereocenters. The maximum Gasteiger partial charge on any atom is 0.408 e. The number of benzene rings is 2. The van der Waals surface area contributed by atoms with Crippen LogP contribution in [0.3, 0.4) is 0 Å². The van der Waals surface area contributed by atoms with Gasteiger partial charge in [0, 0.05) is 12.1 Å². The Balaban J connectivity index is 2.11. The normalized spacial score (nSPS) is 12.2. The number of alkyl carbamates (subject to hydrolysis) is 1. The Kier molecular flexibility index (Phi) is 6.33. The van der Waals surface area contributed by atoms with Crippen LogP contribution in [0.25, 0.3) is 0 Å². The second-order valence-corrected chi connectivity index (χ2v) is 6.88. The predicted octanol–water partition coefficient (Wildman–Crippen LogP) is 3.90. The van der Waals surface area contributed by atoms with Gasteiger partial charge in [-0.3, -0.25) is 4.79 Å². The van der Waals surface area contributed by atoms with Crippen LogP contribution >= 0.6 is 0 Å². The van der Waals surface area contributed by atoms with Crippen LogP contribution in [0.4, 0.5) is 14.9 Å². The number of amides is 2. The van der Waals surface area contributed by atoms with Crippen molar-refractivity contribution in [3.05, 3.63) is 66.0 Å². The van der Waals surface area contributed by atoms with Gasteiger partial charge in [0.25, 0.3) is 0 Å². The third-order valence-electron chi connectivity index (χ3n) is 3.40. The van der Waals surface area contributed by atoms with Crippen LogP contribution in [0, 0.1) is 5.82 Å². The lowest BCUT2D eigenvalue weighted by atomic mass is 10.1. The summed E-state index contributed by atoms with van der Waals surface area (Å²) in [7, 11) is 0. The molecule has 5 nitrogen and oxygen atoms in total. The van der Waals surface area contributed by atoms with Crippen molar-refractivity contribution in [2.75, 3.05) is 5.32 Å². The van der Waals surface area contributed by atoms with Crippen LogP contribution in [0.1, 0.15) is 26.3 Å². The van der Waals surface area contributed by atoms with Crippen molar-refractivity contribution < 1.29 is 18.7 Å². The van der Waals surface area contributed by atoms with Crippen LogP contribution in [-0.2, 0) is 16.0 Å². The number of carbonyl (C=O) groups is 2. The molecular weight excluding hydrogens is 335 g/mol. The molecule has 26 heavy (non-hydrogen) atoms.